The van der Waals surface area contributed by atoms with Gasteiger partial charge in [-0.15, -0.1) is 12.4 Å². The number of nitrogens with one attached hydrogen (secondary N) is 2. The van der Waals surface area contributed by atoms with E-state index >= 15 is 0 Å². The second kappa shape index (κ2) is 7.64. The third kappa shape index (κ3) is 3.55. The Morgan fingerprint density at radius 3 is 2.31 bits per heavy atom. The first-order chi connectivity index (χ1) is 12.1. The minimum Gasteiger partial charge on any atom is -0.338 e. The van der Waals surface area contributed by atoms with Crippen molar-refractivity contribution in [2.45, 2.75) is 43.8 Å². The molecule has 2 aliphatic heterocycles. The summed E-state index contributed by atoms with van der Waals surface area (Å²) in [5.74, 6) is -0.188. The van der Waals surface area contributed by atoms with Crippen LogP contribution in [0.5, 0.6) is 0 Å². The molecule has 2 N–H and O–H groups in total. The number of pyridine rings is 1. The van der Waals surface area contributed by atoms with Crippen molar-refractivity contribution in [1.29, 1.82) is 0 Å². The van der Waals surface area contributed by atoms with E-state index in [9.17, 15) is 9.59 Å². The highest BCUT2D eigenvalue weighted by Gasteiger charge is 2.36. The van der Waals surface area contributed by atoms with Crippen LogP contribution < -0.4 is 10.9 Å². The third-order valence-electron chi connectivity index (χ3n) is 5.54. The lowest BCUT2D eigenvalue weighted by molar-refractivity contribution is 0.0680. The summed E-state index contributed by atoms with van der Waals surface area (Å²) in [5.41, 5.74) is 1.55. The number of amides is 1. The lowest BCUT2D eigenvalue weighted by Crippen LogP contribution is -2.49. The number of piperidine rings is 1. The van der Waals surface area contributed by atoms with Crippen LogP contribution >= 0.6 is 12.4 Å². The summed E-state index contributed by atoms with van der Waals surface area (Å²) in [6, 6.07) is 14.3. The van der Waals surface area contributed by atoms with Crippen LogP contribution in [0.2, 0.25) is 0 Å². The number of rotatable bonds is 3. The number of benzene rings is 1. The van der Waals surface area contributed by atoms with Gasteiger partial charge in [-0.2, -0.15) is 0 Å². The van der Waals surface area contributed by atoms with Crippen LogP contribution in [0.15, 0.2) is 47.3 Å². The van der Waals surface area contributed by atoms with Gasteiger partial charge in [0.15, 0.2) is 0 Å². The number of aromatic amines is 1. The lowest BCUT2D eigenvalue weighted by Gasteiger charge is -2.35. The van der Waals surface area contributed by atoms with Crippen molar-refractivity contribution in [1.82, 2.24) is 15.2 Å². The Morgan fingerprint density at radius 1 is 1.04 bits per heavy atom. The van der Waals surface area contributed by atoms with Gasteiger partial charge in [0.1, 0.15) is 5.56 Å². The van der Waals surface area contributed by atoms with Gasteiger partial charge in [0.05, 0.1) is 0 Å². The molecule has 1 amide bonds. The van der Waals surface area contributed by atoms with Crippen molar-refractivity contribution >= 4 is 18.3 Å². The zero-order valence-corrected chi connectivity index (χ0v) is 15.6. The molecule has 0 saturated carbocycles. The molecule has 0 spiro atoms. The van der Waals surface area contributed by atoms with Gasteiger partial charge in [-0.1, -0.05) is 30.3 Å². The number of halogens is 1. The quantitative estimate of drug-likeness (QED) is 0.869. The van der Waals surface area contributed by atoms with E-state index in [-0.39, 0.29) is 35.5 Å². The fourth-order valence-corrected chi connectivity index (χ4v) is 4.13. The molecular formula is C20H24ClN3O2. The summed E-state index contributed by atoms with van der Waals surface area (Å²) in [6.45, 7) is 0. The van der Waals surface area contributed by atoms with Gasteiger partial charge in [0, 0.05) is 30.9 Å². The van der Waals surface area contributed by atoms with Gasteiger partial charge in [-0.3, -0.25) is 9.59 Å². The first kappa shape index (κ1) is 18.7. The second-order valence-corrected chi connectivity index (χ2v) is 7.16. The van der Waals surface area contributed by atoms with E-state index in [1.807, 2.05) is 43.4 Å². The Hall–Kier alpha value is -2.11. The number of H-pyrrole nitrogens is 1. The topological polar surface area (TPSA) is 65.2 Å². The standard InChI is InChI=1S/C20H23N3O2.ClH/c1-23(16-11-14-7-8-15(12-16)21-14)20(25)17-9-10-18(22-19(17)24)13-5-3-2-4-6-13;/h2-6,9-10,14-16,21H,7-8,11-12H2,1H3,(H,22,24);1H. The number of carbonyl (C=O) groups is 1. The van der Waals surface area contributed by atoms with E-state index in [2.05, 4.69) is 10.3 Å². The molecule has 2 aromatic rings. The highest BCUT2D eigenvalue weighted by molar-refractivity contribution is 5.94. The number of hydrogen-bond donors (Lipinski definition) is 2. The Bertz CT molecular complexity index is 824. The van der Waals surface area contributed by atoms with Gasteiger partial charge in [-0.05, 0) is 43.4 Å². The molecule has 26 heavy (non-hydrogen) atoms. The van der Waals surface area contributed by atoms with Crippen molar-refractivity contribution in [3.8, 4) is 11.3 Å². The van der Waals surface area contributed by atoms with Crippen LogP contribution in [0.4, 0.5) is 0 Å². The van der Waals surface area contributed by atoms with Gasteiger partial charge in [0.25, 0.3) is 11.5 Å². The SMILES string of the molecule is CN(C(=O)c1ccc(-c2ccccc2)[nH]c1=O)C1CC2CCC(C1)N2.Cl. The van der Waals surface area contributed by atoms with Crippen LogP contribution in [-0.4, -0.2) is 41.0 Å². The Morgan fingerprint density at radius 2 is 1.69 bits per heavy atom. The first-order valence-corrected chi connectivity index (χ1v) is 8.94. The van der Waals surface area contributed by atoms with Gasteiger partial charge in [-0.25, -0.2) is 0 Å². The van der Waals surface area contributed by atoms with E-state index in [1.54, 1.807) is 11.0 Å². The molecule has 0 aliphatic carbocycles. The van der Waals surface area contributed by atoms with E-state index in [0.29, 0.717) is 12.1 Å². The van der Waals surface area contributed by atoms with E-state index in [1.165, 1.54) is 12.8 Å². The Balaban J connectivity index is 0.00000196. The van der Waals surface area contributed by atoms with Crippen molar-refractivity contribution < 1.29 is 4.79 Å². The van der Waals surface area contributed by atoms with Crippen molar-refractivity contribution in [2.24, 2.45) is 0 Å². The minimum atomic E-state index is -0.324. The maximum atomic E-state index is 12.8. The molecule has 2 unspecified atom stereocenters. The number of nitrogens with zero attached hydrogens (tertiary/aromatic N) is 1. The summed E-state index contributed by atoms with van der Waals surface area (Å²) in [5, 5.41) is 3.58. The molecule has 5 nitrogen and oxygen atoms in total. The number of hydrogen-bond acceptors (Lipinski definition) is 3. The largest absolute Gasteiger partial charge is 0.338 e. The maximum Gasteiger partial charge on any atom is 0.261 e. The summed E-state index contributed by atoms with van der Waals surface area (Å²) in [6.07, 6.45) is 4.32. The molecule has 2 atom stereocenters. The summed E-state index contributed by atoms with van der Waals surface area (Å²) in [4.78, 5) is 29.9. The number of fused-ring (bicyclic) bond motifs is 2. The molecule has 1 aromatic heterocycles. The minimum absolute atomic E-state index is 0. The molecular weight excluding hydrogens is 350 g/mol. The van der Waals surface area contributed by atoms with Crippen LogP contribution in [0, 0.1) is 0 Å². The molecule has 0 radical (unpaired) electrons. The highest BCUT2D eigenvalue weighted by Crippen LogP contribution is 2.29. The molecule has 6 heteroatoms. The van der Waals surface area contributed by atoms with Gasteiger partial charge in [0.2, 0.25) is 0 Å². The summed E-state index contributed by atoms with van der Waals surface area (Å²) < 4.78 is 0. The molecule has 2 fully saturated rings. The average Bonchev–Trinajstić information content (AvgIpc) is 2.99. The van der Waals surface area contributed by atoms with Crippen molar-refractivity contribution in [3.63, 3.8) is 0 Å². The van der Waals surface area contributed by atoms with Crippen LogP contribution in [-0.2, 0) is 0 Å². The van der Waals surface area contributed by atoms with Crippen LogP contribution in [0.1, 0.15) is 36.0 Å². The van der Waals surface area contributed by atoms with Crippen LogP contribution in [0.25, 0.3) is 11.3 Å². The van der Waals surface area contributed by atoms with Gasteiger partial charge < -0.3 is 15.2 Å². The van der Waals surface area contributed by atoms with E-state index in [0.717, 1.165) is 24.1 Å². The Kier molecular flexibility index (Phi) is 5.49. The molecule has 2 aliphatic rings. The van der Waals surface area contributed by atoms with E-state index in [4.69, 9.17) is 0 Å². The summed E-state index contributed by atoms with van der Waals surface area (Å²) in [7, 11) is 1.82. The fourth-order valence-electron chi connectivity index (χ4n) is 4.13. The maximum absolute atomic E-state index is 12.8. The van der Waals surface area contributed by atoms with Crippen LogP contribution in [0.3, 0.4) is 0 Å². The van der Waals surface area contributed by atoms with Gasteiger partial charge >= 0.3 is 0 Å². The molecule has 3 heterocycles. The molecule has 138 valence electrons. The number of carbonyl (C=O) groups excluding carboxylic acids is 1. The normalized spacial score (nSPS) is 24.0. The lowest BCUT2D eigenvalue weighted by atomic mass is 9.98. The highest BCUT2D eigenvalue weighted by atomic mass is 35.5. The molecule has 4 rings (SSSR count). The predicted molar refractivity (Wildman–Crippen MR) is 105 cm³/mol. The fraction of sp³-hybridized carbons (Fsp3) is 0.400. The average molecular weight is 374 g/mol. The second-order valence-electron chi connectivity index (χ2n) is 7.16. The third-order valence-corrected chi connectivity index (χ3v) is 5.54. The predicted octanol–water partition coefficient (Wildman–Crippen LogP) is 2.82. The zero-order chi connectivity index (χ0) is 17.4. The zero-order valence-electron chi connectivity index (χ0n) is 14.8. The molecule has 2 saturated heterocycles. The summed E-state index contributed by atoms with van der Waals surface area (Å²) >= 11 is 0. The van der Waals surface area contributed by atoms with Crippen molar-refractivity contribution in [3.05, 3.63) is 58.4 Å². The first-order valence-electron chi connectivity index (χ1n) is 8.94. The monoisotopic (exact) mass is 373 g/mol. The van der Waals surface area contributed by atoms with E-state index < -0.39 is 0 Å². The molecule has 1 aromatic carbocycles. The smallest absolute Gasteiger partial charge is 0.261 e. The Labute approximate surface area is 159 Å². The number of aromatic nitrogens is 1. The van der Waals surface area contributed by atoms with Crippen molar-refractivity contribution in [2.75, 3.05) is 7.05 Å². The molecule has 2 bridgehead atoms.